The number of nitrogens with zero attached hydrogens (tertiary/aromatic N) is 4. The molecule has 5 rings (SSSR count). The highest BCUT2D eigenvalue weighted by atomic mass is 35.5. The maximum Gasteiger partial charge on any atom is 0.174 e. The fraction of sp³-hybridized carbons (Fsp3) is 0.385. The van der Waals surface area contributed by atoms with Crippen LogP contribution in [0.2, 0.25) is 5.02 Å². The summed E-state index contributed by atoms with van der Waals surface area (Å²) in [5.41, 5.74) is 5.46. The van der Waals surface area contributed by atoms with Crippen molar-refractivity contribution < 1.29 is 0 Å². The first-order chi connectivity index (χ1) is 15.9. The van der Waals surface area contributed by atoms with Crippen LogP contribution >= 0.6 is 23.8 Å². The zero-order chi connectivity index (χ0) is 23.1. The number of hydrogen-bond donors (Lipinski definition) is 1. The standard InChI is InChI=1S/C26H30ClN5S/c1-17-11-14-31(15-12-17)22-10-8-19(16-20(22)27)32-25(23-9-7-18(2)30(23)3)24(29-26(32)33)21-6-4-5-13-28-21/h4-10,13,16-17,24-25H,11-12,14-15H2,1-3H3,(H,29,33)/t24-,25+/m1/s1. The topological polar surface area (TPSA) is 36.3 Å². The third-order valence-electron chi connectivity index (χ3n) is 7.15. The van der Waals surface area contributed by atoms with Crippen molar-refractivity contribution in [1.82, 2.24) is 14.9 Å². The van der Waals surface area contributed by atoms with Gasteiger partial charge in [-0.1, -0.05) is 24.6 Å². The van der Waals surface area contributed by atoms with Crippen LogP contribution in [0.3, 0.4) is 0 Å². The minimum Gasteiger partial charge on any atom is -0.370 e. The summed E-state index contributed by atoms with van der Waals surface area (Å²) in [4.78, 5) is 9.24. The van der Waals surface area contributed by atoms with E-state index in [9.17, 15) is 0 Å². The lowest BCUT2D eigenvalue weighted by molar-refractivity contribution is 0.438. The molecule has 0 spiro atoms. The molecule has 1 aromatic carbocycles. The van der Waals surface area contributed by atoms with Crippen LogP contribution in [-0.4, -0.2) is 27.8 Å². The van der Waals surface area contributed by atoms with Gasteiger partial charge in [-0.15, -0.1) is 0 Å². The highest BCUT2D eigenvalue weighted by molar-refractivity contribution is 7.80. The highest BCUT2D eigenvalue weighted by Gasteiger charge is 2.42. The molecule has 0 radical (unpaired) electrons. The van der Waals surface area contributed by atoms with Gasteiger partial charge in [-0.3, -0.25) is 4.98 Å². The maximum atomic E-state index is 6.86. The molecule has 33 heavy (non-hydrogen) atoms. The molecule has 5 nitrogen and oxygen atoms in total. The first-order valence-corrected chi connectivity index (χ1v) is 12.4. The number of aryl methyl sites for hydroxylation is 1. The predicted octanol–water partition coefficient (Wildman–Crippen LogP) is 5.80. The fourth-order valence-corrected chi connectivity index (χ4v) is 5.66. The Morgan fingerprint density at radius 2 is 1.88 bits per heavy atom. The van der Waals surface area contributed by atoms with E-state index < -0.39 is 0 Å². The number of pyridine rings is 1. The van der Waals surface area contributed by atoms with E-state index in [-0.39, 0.29) is 12.1 Å². The minimum atomic E-state index is -0.0614. The van der Waals surface area contributed by atoms with Gasteiger partial charge in [-0.2, -0.15) is 0 Å². The maximum absolute atomic E-state index is 6.86. The van der Waals surface area contributed by atoms with Crippen molar-refractivity contribution >= 4 is 40.3 Å². The summed E-state index contributed by atoms with van der Waals surface area (Å²) in [5.74, 6) is 0.783. The quantitative estimate of drug-likeness (QED) is 0.479. The van der Waals surface area contributed by atoms with Gasteiger partial charge in [0, 0.05) is 43.4 Å². The summed E-state index contributed by atoms with van der Waals surface area (Å²) in [5, 5.41) is 4.99. The van der Waals surface area contributed by atoms with Crippen molar-refractivity contribution in [2.45, 2.75) is 38.8 Å². The van der Waals surface area contributed by atoms with E-state index in [1.54, 1.807) is 0 Å². The van der Waals surface area contributed by atoms with E-state index in [2.05, 4.69) is 82.0 Å². The average molecular weight is 480 g/mol. The zero-order valence-electron chi connectivity index (χ0n) is 19.3. The lowest BCUT2D eigenvalue weighted by Gasteiger charge is -2.33. The molecule has 0 bridgehead atoms. The third-order valence-corrected chi connectivity index (χ3v) is 7.76. The molecular weight excluding hydrogens is 450 g/mol. The summed E-state index contributed by atoms with van der Waals surface area (Å²) in [6.45, 7) is 6.55. The van der Waals surface area contributed by atoms with Crippen LogP contribution in [0.25, 0.3) is 0 Å². The molecule has 0 aliphatic carbocycles. The summed E-state index contributed by atoms with van der Waals surface area (Å²) >= 11 is 12.7. The van der Waals surface area contributed by atoms with Crippen LogP contribution in [0.4, 0.5) is 11.4 Å². The van der Waals surface area contributed by atoms with Crippen LogP contribution < -0.4 is 15.1 Å². The summed E-state index contributed by atoms with van der Waals surface area (Å²) in [7, 11) is 2.10. The molecule has 2 saturated heterocycles. The Kier molecular flexibility index (Phi) is 6.06. The number of aromatic nitrogens is 2. The summed E-state index contributed by atoms with van der Waals surface area (Å²) in [6.07, 6.45) is 4.25. The van der Waals surface area contributed by atoms with Crippen LogP contribution in [0.15, 0.2) is 54.7 Å². The number of hydrogen-bond acceptors (Lipinski definition) is 3. The molecule has 7 heteroatoms. The summed E-state index contributed by atoms with van der Waals surface area (Å²) in [6, 6.07) is 16.6. The van der Waals surface area contributed by atoms with Gasteiger partial charge in [0.25, 0.3) is 0 Å². The SMILES string of the molecule is Cc1ccc([C@H]2[C@@H](c3ccccn3)NC(=S)N2c2ccc(N3CCC(C)CC3)c(Cl)c2)n1C. The van der Waals surface area contributed by atoms with Crippen molar-refractivity contribution in [2.75, 3.05) is 22.9 Å². The first kappa shape index (κ1) is 22.2. The number of anilines is 2. The van der Waals surface area contributed by atoms with Crippen LogP contribution in [-0.2, 0) is 7.05 Å². The molecule has 172 valence electrons. The second kappa shape index (κ2) is 8.99. The largest absolute Gasteiger partial charge is 0.370 e. The molecule has 2 aliphatic rings. The van der Waals surface area contributed by atoms with E-state index in [1.165, 1.54) is 24.2 Å². The van der Waals surface area contributed by atoms with Gasteiger partial charge in [0.2, 0.25) is 0 Å². The molecule has 2 aromatic heterocycles. The van der Waals surface area contributed by atoms with Crippen molar-refractivity contribution in [3.63, 3.8) is 0 Å². The van der Waals surface area contributed by atoms with Gasteiger partial charge < -0.3 is 19.7 Å². The second-order valence-electron chi connectivity index (χ2n) is 9.26. The molecule has 0 amide bonds. The highest BCUT2D eigenvalue weighted by Crippen LogP contribution is 2.43. The lowest BCUT2D eigenvalue weighted by atomic mass is 9.98. The minimum absolute atomic E-state index is 0.0381. The Labute approximate surface area is 206 Å². The van der Waals surface area contributed by atoms with Gasteiger partial charge >= 0.3 is 0 Å². The van der Waals surface area contributed by atoms with Gasteiger partial charge in [0.1, 0.15) is 6.04 Å². The average Bonchev–Trinajstić information content (AvgIpc) is 3.33. The number of thiocarbonyl (C=S) groups is 1. The molecule has 3 aromatic rings. The Morgan fingerprint density at radius 3 is 2.52 bits per heavy atom. The van der Waals surface area contributed by atoms with E-state index in [0.29, 0.717) is 5.11 Å². The Balaban J connectivity index is 1.53. The smallest absolute Gasteiger partial charge is 0.174 e. The molecule has 2 atom stereocenters. The molecule has 0 unspecified atom stereocenters. The monoisotopic (exact) mass is 479 g/mol. The predicted molar refractivity (Wildman–Crippen MR) is 140 cm³/mol. The molecule has 0 saturated carbocycles. The first-order valence-electron chi connectivity index (χ1n) is 11.6. The number of rotatable bonds is 4. The Hall–Kier alpha value is -2.57. The van der Waals surface area contributed by atoms with Gasteiger partial charge in [0.15, 0.2) is 5.11 Å². The van der Waals surface area contributed by atoms with Gasteiger partial charge in [-0.05, 0) is 80.4 Å². The third kappa shape index (κ3) is 4.11. The Bertz CT molecular complexity index is 1150. The fourth-order valence-electron chi connectivity index (χ4n) is 5.02. The van der Waals surface area contributed by atoms with Gasteiger partial charge in [0.05, 0.1) is 22.4 Å². The van der Waals surface area contributed by atoms with E-state index in [0.717, 1.165) is 41.1 Å². The van der Waals surface area contributed by atoms with Crippen molar-refractivity contribution in [1.29, 1.82) is 0 Å². The van der Waals surface area contributed by atoms with Crippen molar-refractivity contribution in [3.05, 3.63) is 76.8 Å². The molecule has 2 aliphatic heterocycles. The van der Waals surface area contributed by atoms with E-state index in [4.69, 9.17) is 23.8 Å². The van der Waals surface area contributed by atoms with E-state index in [1.807, 2.05) is 18.3 Å². The van der Waals surface area contributed by atoms with Gasteiger partial charge in [-0.25, -0.2) is 0 Å². The second-order valence-corrected chi connectivity index (χ2v) is 10.1. The van der Waals surface area contributed by atoms with Crippen molar-refractivity contribution in [3.8, 4) is 0 Å². The van der Waals surface area contributed by atoms with E-state index >= 15 is 0 Å². The number of halogens is 1. The number of nitrogens with one attached hydrogen (secondary N) is 1. The Morgan fingerprint density at radius 1 is 1.09 bits per heavy atom. The molecule has 2 fully saturated rings. The normalized spacial score (nSPS) is 21.5. The van der Waals surface area contributed by atoms with Crippen LogP contribution in [0.1, 0.15) is 48.9 Å². The lowest BCUT2D eigenvalue weighted by Crippen LogP contribution is -2.33. The zero-order valence-corrected chi connectivity index (χ0v) is 20.9. The number of piperidine rings is 1. The van der Waals surface area contributed by atoms with Crippen molar-refractivity contribution in [2.24, 2.45) is 13.0 Å². The summed E-state index contributed by atoms with van der Waals surface area (Å²) < 4.78 is 2.23. The van der Waals surface area contributed by atoms with Crippen LogP contribution in [0, 0.1) is 12.8 Å². The number of benzene rings is 1. The molecular formula is C26H30ClN5S. The molecule has 4 heterocycles. The molecule has 1 N–H and O–H groups in total. The van der Waals surface area contributed by atoms with Crippen LogP contribution in [0.5, 0.6) is 0 Å².